The predicted molar refractivity (Wildman–Crippen MR) is 83.7 cm³/mol. The van der Waals surface area contributed by atoms with Gasteiger partial charge in [-0.15, -0.1) is 0 Å². The van der Waals surface area contributed by atoms with Crippen molar-refractivity contribution >= 4 is 29.1 Å². The number of rotatable bonds is 3. The van der Waals surface area contributed by atoms with Gasteiger partial charge in [0.1, 0.15) is 0 Å². The van der Waals surface area contributed by atoms with Crippen LogP contribution >= 0.6 is 23.2 Å². The van der Waals surface area contributed by atoms with Crippen LogP contribution in [0.5, 0.6) is 0 Å². The molecular formula is C16H19Cl2NO2. The Morgan fingerprint density at radius 1 is 1.24 bits per heavy atom. The van der Waals surface area contributed by atoms with Gasteiger partial charge in [0.2, 0.25) is 5.91 Å². The number of halogens is 2. The lowest BCUT2D eigenvalue weighted by Crippen LogP contribution is -2.48. The average Bonchev–Trinajstić information content (AvgIpc) is 2.70. The average molecular weight is 328 g/mol. The van der Waals surface area contributed by atoms with Gasteiger partial charge >= 0.3 is 0 Å². The molecule has 2 unspecified atom stereocenters. The summed E-state index contributed by atoms with van der Waals surface area (Å²) in [6, 6.07) is 5.85. The van der Waals surface area contributed by atoms with Crippen molar-refractivity contribution in [2.24, 2.45) is 0 Å². The molecule has 5 heteroatoms. The molecule has 0 aliphatic carbocycles. The van der Waals surface area contributed by atoms with Crippen molar-refractivity contribution in [2.45, 2.75) is 56.7 Å². The first-order valence-electron chi connectivity index (χ1n) is 7.47. The van der Waals surface area contributed by atoms with Crippen LogP contribution in [0.1, 0.15) is 37.7 Å². The molecule has 2 heterocycles. The Hall–Kier alpha value is -0.770. The molecule has 0 spiro atoms. The summed E-state index contributed by atoms with van der Waals surface area (Å²) in [5.74, 6) is 0.181. The molecule has 21 heavy (non-hydrogen) atoms. The molecule has 3 rings (SSSR count). The molecular weight excluding hydrogens is 309 g/mol. The summed E-state index contributed by atoms with van der Waals surface area (Å²) in [6.07, 6.45) is 4.35. The second-order valence-electron chi connectivity index (χ2n) is 6.05. The number of aryl methyl sites for hydroxylation is 1. The fourth-order valence-corrected chi connectivity index (χ4v) is 4.15. The lowest BCUT2D eigenvalue weighted by molar-refractivity contribution is -0.137. The van der Waals surface area contributed by atoms with Crippen molar-refractivity contribution in [3.63, 3.8) is 0 Å². The molecule has 0 radical (unpaired) electrons. The number of amides is 1. The molecule has 2 fully saturated rings. The Kier molecular flexibility index (Phi) is 4.43. The fraction of sp³-hybridized carbons (Fsp3) is 0.562. The summed E-state index contributed by atoms with van der Waals surface area (Å²) in [5.41, 5.74) is 0.957. The van der Waals surface area contributed by atoms with E-state index in [0.717, 1.165) is 31.2 Å². The standard InChI is InChI=1S/C16H19Cl2NO2/c17-11-3-1-10(15(18)7-11)2-6-16(21)19-12-4-5-13(19)9-14(20)8-12/h1,3,7,12-14,20H,2,4-6,8-9H2. The van der Waals surface area contributed by atoms with Crippen LogP contribution in [0.2, 0.25) is 10.0 Å². The van der Waals surface area contributed by atoms with Gasteiger partial charge in [0, 0.05) is 28.5 Å². The van der Waals surface area contributed by atoms with Crippen molar-refractivity contribution in [3.8, 4) is 0 Å². The molecule has 2 aliphatic rings. The van der Waals surface area contributed by atoms with Crippen LogP contribution < -0.4 is 0 Å². The summed E-state index contributed by atoms with van der Waals surface area (Å²) >= 11 is 12.0. The minimum absolute atomic E-state index is 0.181. The minimum Gasteiger partial charge on any atom is -0.393 e. The Bertz CT molecular complexity index is 535. The SMILES string of the molecule is O=C(CCc1ccc(Cl)cc1Cl)N1C2CCC1CC(O)C2. The smallest absolute Gasteiger partial charge is 0.223 e. The molecule has 3 nitrogen and oxygen atoms in total. The highest BCUT2D eigenvalue weighted by Crippen LogP contribution is 2.36. The van der Waals surface area contributed by atoms with Crippen LogP contribution in [-0.2, 0) is 11.2 Å². The fourth-order valence-electron chi connectivity index (χ4n) is 3.65. The molecule has 2 saturated heterocycles. The molecule has 0 saturated carbocycles. The maximum absolute atomic E-state index is 12.5. The lowest BCUT2D eigenvalue weighted by Gasteiger charge is -2.37. The quantitative estimate of drug-likeness (QED) is 0.923. The molecule has 1 aromatic rings. The Morgan fingerprint density at radius 2 is 1.90 bits per heavy atom. The predicted octanol–water partition coefficient (Wildman–Crippen LogP) is 3.44. The Labute approximate surface area is 134 Å². The van der Waals surface area contributed by atoms with Crippen molar-refractivity contribution in [2.75, 3.05) is 0 Å². The number of aliphatic hydroxyl groups is 1. The molecule has 2 atom stereocenters. The largest absolute Gasteiger partial charge is 0.393 e. The van der Waals surface area contributed by atoms with E-state index in [1.165, 1.54) is 0 Å². The van der Waals surface area contributed by atoms with Gasteiger partial charge in [0.25, 0.3) is 0 Å². The van der Waals surface area contributed by atoms with Gasteiger partial charge in [-0.25, -0.2) is 0 Å². The van der Waals surface area contributed by atoms with Crippen molar-refractivity contribution in [1.29, 1.82) is 0 Å². The molecule has 1 aromatic carbocycles. The Balaban J connectivity index is 1.62. The van der Waals surface area contributed by atoms with Gasteiger partial charge < -0.3 is 10.0 Å². The third kappa shape index (κ3) is 3.20. The molecule has 2 bridgehead atoms. The number of nitrogens with zero attached hydrogens (tertiary/aromatic N) is 1. The van der Waals surface area contributed by atoms with Gasteiger partial charge in [0.15, 0.2) is 0 Å². The third-order valence-corrected chi connectivity index (χ3v) is 5.21. The highest BCUT2D eigenvalue weighted by molar-refractivity contribution is 6.35. The van der Waals surface area contributed by atoms with Gasteiger partial charge in [-0.05, 0) is 49.8 Å². The van der Waals surface area contributed by atoms with E-state index in [-0.39, 0.29) is 24.1 Å². The van der Waals surface area contributed by atoms with E-state index in [1.807, 2.05) is 11.0 Å². The first-order valence-corrected chi connectivity index (χ1v) is 8.23. The van der Waals surface area contributed by atoms with Gasteiger partial charge in [-0.3, -0.25) is 4.79 Å². The second kappa shape index (κ2) is 6.15. The zero-order valence-corrected chi connectivity index (χ0v) is 13.3. The number of carbonyl (C=O) groups excluding carboxylic acids is 1. The number of hydrogen-bond donors (Lipinski definition) is 1. The molecule has 1 N–H and O–H groups in total. The van der Waals surface area contributed by atoms with E-state index >= 15 is 0 Å². The molecule has 2 aliphatic heterocycles. The first kappa shape index (κ1) is 15.1. The number of hydrogen-bond acceptors (Lipinski definition) is 2. The Morgan fingerprint density at radius 3 is 2.52 bits per heavy atom. The van der Waals surface area contributed by atoms with Gasteiger partial charge in [-0.1, -0.05) is 29.3 Å². The lowest BCUT2D eigenvalue weighted by atomic mass is 9.99. The van der Waals surface area contributed by atoms with Crippen LogP contribution in [0.4, 0.5) is 0 Å². The number of piperidine rings is 1. The maximum atomic E-state index is 12.5. The second-order valence-corrected chi connectivity index (χ2v) is 6.89. The number of benzene rings is 1. The first-order chi connectivity index (χ1) is 10.0. The number of fused-ring (bicyclic) bond motifs is 2. The van der Waals surface area contributed by atoms with E-state index in [2.05, 4.69) is 0 Å². The van der Waals surface area contributed by atoms with Crippen LogP contribution in [0.25, 0.3) is 0 Å². The van der Waals surface area contributed by atoms with Gasteiger partial charge in [-0.2, -0.15) is 0 Å². The zero-order chi connectivity index (χ0) is 15.0. The van der Waals surface area contributed by atoms with E-state index in [4.69, 9.17) is 23.2 Å². The zero-order valence-electron chi connectivity index (χ0n) is 11.8. The van der Waals surface area contributed by atoms with Crippen molar-refractivity contribution in [3.05, 3.63) is 33.8 Å². The number of carbonyl (C=O) groups is 1. The number of aliphatic hydroxyl groups excluding tert-OH is 1. The van der Waals surface area contributed by atoms with Crippen LogP contribution in [0.15, 0.2) is 18.2 Å². The van der Waals surface area contributed by atoms with E-state index in [0.29, 0.717) is 22.9 Å². The molecule has 114 valence electrons. The van der Waals surface area contributed by atoms with Crippen molar-refractivity contribution < 1.29 is 9.90 Å². The van der Waals surface area contributed by atoms with Crippen molar-refractivity contribution in [1.82, 2.24) is 4.90 Å². The summed E-state index contributed by atoms with van der Waals surface area (Å²) in [7, 11) is 0. The highest BCUT2D eigenvalue weighted by Gasteiger charge is 2.42. The topological polar surface area (TPSA) is 40.5 Å². The summed E-state index contributed by atoms with van der Waals surface area (Å²) in [5, 5.41) is 11.0. The van der Waals surface area contributed by atoms with Crippen LogP contribution in [0, 0.1) is 0 Å². The monoisotopic (exact) mass is 327 g/mol. The molecule has 0 aromatic heterocycles. The normalized spacial score (nSPS) is 28.0. The van der Waals surface area contributed by atoms with E-state index in [9.17, 15) is 9.90 Å². The maximum Gasteiger partial charge on any atom is 0.223 e. The van der Waals surface area contributed by atoms with Gasteiger partial charge in [0.05, 0.1) is 6.10 Å². The van der Waals surface area contributed by atoms with Crippen LogP contribution in [0.3, 0.4) is 0 Å². The van der Waals surface area contributed by atoms with E-state index < -0.39 is 0 Å². The summed E-state index contributed by atoms with van der Waals surface area (Å²) in [4.78, 5) is 14.5. The summed E-state index contributed by atoms with van der Waals surface area (Å²) in [6.45, 7) is 0. The third-order valence-electron chi connectivity index (χ3n) is 4.62. The van der Waals surface area contributed by atoms with Crippen LogP contribution in [-0.4, -0.2) is 34.1 Å². The van der Waals surface area contributed by atoms with E-state index in [1.54, 1.807) is 12.1 Å². The minimum atomic E-state index is -0.239. The highest BCUT2D eigenvalue weighted by atomic mass is 35.5. The summed E-state index contributed by atoms with van der Waals surface area (Å²) < 4.78 is 0. The molecule has 1 amide bonds.